The number of methoxy groups -OCH3 is 1. The largest absolute Gasteiger partial charge is 0.497 e. The molecule has 3 aromatic rings. The number of aromatic nitrogens is 2. The lowest BCUT2D eigenvalue weighted by Crippen LogP contribution is -2.23. The van der Waals surface area contributed by atoms with E-state index < -0.39 is 0 Å². The van der Waals surface area contributed by atoms with E-state index in [9.17, 15) is 4.79 Å². The Balaban J connectivity index is 2.01. The van der Waals surface area contributed by atoms with Gasteiger partial charge in [0.05, 0.1) is 13.7 Å². The summed E-state index contributed by atoms with van der Waals surface area (Å²) in [5, 5.41) is 0.291. The third kappa shape index (κ3) is 3.49. The summed E-state index contributed by atoms with van der Waals surface area (Å²) in [7, 11) is 1.62. The van der Waals surface area contributed by atoms with Gasteiger partial charge in [-0.3, -0.25) is 4.79 Å². The lowest BCUT2D eigenvalue weighted by atomic mass is 10.1. The third-order valence-corrected chi connectivity index (χ3v) is 3.93. The van der Waals surface area contributed by atoms with Crippen molar-refractivity contribution in [3.8, 4) is 17.0 Å². The van der Waals surface area contributed by atoms with Crippen molar-refractivity contribution in [1.82, 2.24) is 9.55 Å². The highest BCUT2D eigenvalue weighted by Gasteiger charge is 2.11. The first-order valence-electron chi connectivity index (χ1n) is 7.54. The predicted octanol–water partition coefficient (Wildman–Crippen LogP) is 3.93. The van der Waals surface area contributed by atoms with Crippen molar-refractivity contribution in [3.63, 3.8) is 0 Å². The zero-order chi connectivity index (χ0) is 17.1. The summed E-state index contributed by atoms with van der Waals surface area (Å²) in [5.41, 5.74) is 3.01. The van der Waals surface area contributed by atoms with Crippen LogP contribution in [0.2, 0.25) is 5.15 Å². The summed E-state index contributed by atoms with van der Waals surface area (Å²) in [5.74, 6) is 0.777. The van der Waals surface area contributed by atoms with Crippen LogP contribution in [-0.2, 0) is 6.54 Å². The quantitative estimate of drug-likeness (QED) is 0.722. The number of rotatable bonds is 4. The number of hydrogen-bond acceptors (Lipinski definition) is 3. The van der Waals surface area contributed by atoms with Gasteiger partial charge in [0.1, 0.15) is 16.6 Å². The molecule has 0 fully saturated rings. The monoisotopic (exact) mass is 340 g/mol. The molecular weight excluding hydrogens is 324 g/mol. The summed E-state index contributed by atoms with van der Waals surface area (Å²) in [6.07, 6.45) is 1.56. The Labute approximate surface area is 145 Å². The molecule has 0 unspecified atom stereocenters. The van der Waals surface area contributed by atoms with Crippen molar-refractivity contribution in [2.24, 2.45) is 0 Å². The van der Waals surface area contributed by atoms with E-state index in [0.29, 0.717) is 17.4 Å². The number of hydrogen-bond donors (Lipinski definition) is 0. The normalized spacial score (nSPS) is 10.6. The average molecular weight is 341 g/mol. The molecule has 122 valence electrons. The van der Waals surface area contributed by atoms with E-state index in [4.69, 9.17) is 16.3 Å². The Morgan fingerprint density at radius 3 is 2.58 bits per heavy atom. The first-order chi connectivity index (χ1) is 11.6. The standard InChI is InChI=1S/C19H17ClN2O2/c1-13-4-3-5-15(10-13)18-19(23)22(12-17(20)21-18)11-14-6-8-16(24-2)9-7-14/h3-10,12H,11H2,1-2H3. The highest BCUT2D eigenvalue weighted by molar-refractivity contribution is 6.29. The van der Waals surface area contributed by atoms with Crippen LogP contribution in [0.5, 0.6) is 5.75 Å². The van der Waals surface area contributed by atoms with E-state index in [1.54, 1.807) is 17.9 Å². The predicted molar refractivity (Wildman–Crippen MR) is 95.8 cm³/mol. The van der Waals surface area contributed by atoms with Crippen LogP contribution in [0.25, 0.3) is 11.3 Å². The van der Waals surface area contributed by atoms with Crippen LogP contribution in [0.1, 0.15) is 11.1 Å². The van der Waals surface area contributed by atoms with E-state index in [2.05, 4.69) is 4.98 Å². The summed E-state index contributed by atoms with van der Waals surface area (Å²) >= 11 is 6.13. The van der Waals surface area contributed by atoms with Crippen LogP contribution in [-0.4, -0.2) is 16.7 Å². The lowest BCUT2D eigenvalue weighted by Gasteiger charge is -2.10. The first-order valence-corrected chi connectivity index (χ1v) is 7.91. The summed E-state index contributed by atoms with van der Waals surface area (Å²) < 4.78 is 6.73. The number of ether oxygens (including phenoxy) is 1. The Morgan fingerprint density at radius 1 is 1.17 bits per heavy atom. The number of halogens is 1. The van der Waals surface area contributed by atoms with Crippen molar-refractivity contribution < 1.29 is 4.74 Å². The van der Waals surface area contributed by atoms with E-state index in [0.717, 1.165) is 22.4 Å². The molecule has 1 aromatic heterocycles. The van der Waals surface area contributed by atoms with E-state index in [1.165, 1.54) is 0 Å². The van der Waals surface area contributed by atoms with E-state index in [1.807, 2.05) is 55.5 Å². The second-order valence-electron chi connectivity index (χ2n) is 5.56. The van der Waals surface area contributed by atoms with Crippen molar-refractivity contribution in [1.29, 1.82) is 0 Å². The molecule has 0 saturated carbocycles. The molecule has 0 aliphatic heterocycles. The van der Waals surface area contributed by atoms with Crippen LogP contribution < -0.4 is 10.3 Å². The fourth-order valence-electron chi connectivity index (χ4n) is 2.53. The zero-order valence-electron chi connectivity index (χ0n) is 13.5. The number of nitrogens with zero attached hydrogens (tertiary/aromatic N) is 2. The Morgan fingerprint density at radius 2 is 1.92 bits per heavy atom. The van der Waals surface area contributed by atoms with Crippen molar-refractivity contribution in [2.75, 3.05) is 7.11 Å². The molecule has 0 N–H and O–H groups in total. The molecular formula is C19H17ClN2O2. The Kier molecular flexibility index (Phi) is 4.67. The molecule has 0 saturated heterocycles. The summed E-state index contributed by atoms with van der Waals surface area (Å²) in [4.78, 5) is 17.0. The highest BCUT2D eigenvalue weighted by atomic mass is 35.5. The average Bonchev–Trinajstić information content (AvgIpc) is 2.58. The van der Waals surface area contributed by atoms with Gasteiger partial charge in [0.2, 0.25) is 0 Å². The van der Waals surface area contributed by atoms with Gasteiger partial charge in [-0.25, -0.2) is 4.98 Å². The second kappa shape index (κ2) is 6.89. The van der Waals surface area contributed by atoms with Crippen LogP contribution in [0, 0.1) is 6.92 Å². The fraction of sp³-hybridized carbons (Fsp3) is 0.158. The minimum atomic E-state index is -0.166. The minimum Gasteiger partial charge on any atom is -0.497 e. The van der Waals surface area contributed by atoms with Gasteiger partial charge in [-0.2, -0.15) is 0 Å². The van der Waals surface area contributed by atoms with E-state index in [-0.39, 0.29) is 5.56 Å². The smallest absolute Gasteiger partial charge is 0.277 e. The van der Waals surface area contributed by atoms with Crippen molar-refractivity contribution in [2.45, 2.75) is 13.5 Å². The van der Waals surface area contributed by atoms with Crippen LogP contribution in [0.15, 0.2) is 59.5 Å². The maximum atomic E-state index is 12.8. The molecule has 0 atom stereocenters. The SMILES string of the molecule is COc1ccc(Cn2cc(Cl)nc(-c3cccc(C)c3)c2=O)cc1. The Hall–Kier alpha value is -2.59. The maximum absolute atomic E-state index is 12.8. The molecule has 2 aromatic carbocycles. The molecule has 4 nitrogen and oxygen atoms in total. The number of benzene rings is 2. The molecule has 0 aliphatic rings. The summed E-state index contributed by atoms with van der Waals surface area (Å²) in [6, 6.07) is 15.3. The molecule has 3 rings (SSSR count). The van der Waals surface area contributed by atoms with Gasteiger partial charge in [-0.15, -0.1) is 0 Å². The molecule has 0 spiro atoms. The van der Waals surface area contributed by atoms with Crippen LogP contribution in [0.3, 0.4) is 0 Å². The van der Waals surface area contributed by atoms with Crippen LogP contribution >= 0.6 is 11.6 Å². The van der Waals surface area contributed by atoms with Gasteiger partial charge < -0.3 is 9.30 Å². The van der Waals surface area contributed by atoms with Gasteiger partial charge in [-0.1, -0.05) is 47.5 Å². The van der Waals surface area contributed by atoms with Crippen LogP contribution in [0.4, 0.5) is 0 Å². The Bertz CT molecular complexity index is 917. The molecule has 1 heterocycles. The van der Waals surface area contributed by atoms with Crippen molar-refractivity contribution >= 4 is 11.6 Å². The van der Waals surface area contributed by atoms with Gasteiger partial charge in [0, 0.05) is 11.8 Å². The third-order valence-electron chi connectivity index (χ3n) is 3.75. The van der Waals surface area contributed by atoms with Gasteiger partial charge >= 0.3 is 0 Å². The fourth-order valence-corrected chi connectivity index (χ4v) is 2.73. The highest BCUT2D eigenvalue weighted by Crippen LogP contribution is 2.18. The van der Waals surface area contributed by atoms with Gasteiger partial charge in [0.25, 0.3) is 5.56 Å². The van der Waals surface area contributed by atoms with Crippen molar-refractivity contribution in [3.05, 3.63) is 81.4 Å². The first kappa shape index (κ1) is 16.3. The lowest BCUT2D eigenvalue weighted by molar-refractivity contribution is 0.414. The molecule has 0 bridgehead atoms. The summed E-state index contributed by atoms with van der Waals surface area (Å²) in [6.45, 7) is 2.40. The number of aryl methyl sites for hydroxylation is 1. The molecule has 5 heteroatoms. The van der Waals surface area contributed by atoms with E-state index >= 15 is 0 Å². The second-order valence-corrected chi connectivity index (χ2v) is 5.95. The molecule has 0 amide bonds. The molecule has 24 heavy (non-hydrogen) atoms. The molecule has 0 radical (unpaired) electrons. The molecule has 0 aliphatic carbocycles. The zero-order valence-corrected chi connectivity index (χ0v) is 14.2. The van der Waals surface area contributed by atoms with Gasteiger partial charge in [0.15, 0.2) is 0 Å². The maximum Gasteiger partial charge on any atom is 0.277 e. The topological polar surface area (TPSA) is 44.1 Å². The van der Waals surface area contributed by atoms with Gasteiger partial charge in [-0.05, 0) is 30.7 Å². The minimum absolute atomic E-state index is 0.166.